The lowest BCUT2D eigenvalue weighted by atomic mass is 10.5. The van der Waals surface area contributed by atoms with Gasteiger partial charge >= 0.3 is 0 Å². The van der Waals surface area contributed by atoms with Gasteiger partial charge in [0.15, 0.2) is 0 Å². The van der Waals surface area contributed by atoms with E-state index in [0.717, 1.165) is 10.7 Å². The average Bonchev–Trinajstić information content (AvgIpc) is 2.37. The van der Waals surface area contributed by atoms with Gasteiger partial charge in [0.1, 0.15) is 13.6 Å². The quantitative estimate of drug-likeness (QED) is 0.336. The van der Waals surface area contributed by atoms with E-state index in [9.17, 15) is 0 Å². The van der Waals surface area contributed by atoms with Crippen LogP contribution in [-0.2, 0) is 0 Å². The van der Waals surface area contributed by atoms with Crippen molar-refractivity contribution in [3.63, 3.8) is 0 Å². The third-order valence-electron chi connectivity index (χ3n) is 3.53. The number of hydrogen-bond donors (Lipinski definition) is 0. The Morgan fingerprint density at radius 1 is 0.600 bits per heavy atom. The molecule has 0 N–H and O–H groups in total. The van der Waals surface area contributed by atoms with E-state index in [4.69, 9.17) is 0 Å². The Kier molecular flexibility index (Phi) is 5.73. The van der Waals surface area contributed by atoms with Crippen LogP contribution < -0.4 is 0 Å². The molecule has 0 aromatic rings. The second-order valence-electron chi connectivity index (χ2n) is 4.93. The molecule has 0 saturated carbocycles. The van der Waals surface area contributed by atoms with Crippen molar-refractivity contribution in [2.24, 2.45) is 0 Å². The fraction of sp³-hybridized carbons (Fsp3) is 1.00. The summed E-state index contributed by atoms with van der Waals surface area (Å²) in [4.78, 5) is 0. The van der Waals surface area contributed by atoms with Crippen LogP contribution in [0.2, 0.25) is 0 Å². The number of thioether (sulfide) groups is 6. The van der Waals surface area contributed by atoms with Gasteiger partial charge in [-0.3, -0.25) is 0 Å². The maximum absolute atomic E-state index is 3.71. The molecule has 0 nitrogen and oxygen atoms in total. The Bertz CT molecular complexity index is 344. The molecule has 4 aliphatic rings. The van der Waals surface area contributed by atoms with E-state index >= 15 is 0 Å². The van der Waals surface area contributed by atoms with Crippen LogP contribution in [-0.4, -0.2) is 24.3 Å². The van der Waals surface area contributed by atoms with Crippen molar-refractivity contribution in [2.75, 3.05) is 10.7 Å². The molecular formula is C12H18Br2S6. The van der Waals surface area contributed by atoms with Gasteiger partial charge in [0.25, 0.3) is 0 Å². The zero-order valence-corrected chi connectivity index (χ0v) is 19.5. The largest absolute Gasteiger partial charge is 0.114 e. The molecule has 4 fully saturated rings. The zero-order chi connectivity index (χ0) is 14.5. The van der Waals surface area contributed by atoms with Crippen molar-refractivity contribution in [1.29, 1.82) is 0 Å². The van der Waals surface area contributed by atoms with Crippen molar-refractivity contribution in [3.05, 3.63) is 0 Å². The summed E-state index contributed by atoms with van der Waals surface area (Å²) in [6.07, 6.45) is 5.07. The molecule has 4 rings (SSSR count). The topological polar surface area (TPSA) is 0 Å². The van der Waals surface area contributed by atoms with E-state index in [0.29, 0.717) is 13.6 Å². The Labute approximate surface area is 164 Å². The molecule has 20 heavy (non-hydrogen) atoms. The van der Waals surface area contributed by atoms with Crippen LogP contribution in [0.1, 0.15) is 39.5 Å². The molecule has 0 aliphatic carbocycles. The van der Waals surface area contributed by atoms with Crippen LogP contribution in [0.25, 0.3) is 0 Å². The molecule has 4 heterocycles. The summed E-state index contributed by atoms with van der Waals surface area (Å²) < 4.78 is 1.48. The van der Waals surface area contributed by atoms with E-state index in [2.05, 4.69) is 116 Å². The fourth-order valence-corrected chi connectivity index (χ4v) is 26.4. The van der Waals surface area contributed by atoms with Crippen LogP contribution in [0.3, 0.4) is 0 Å². The SMILES string of the molecule is CCC12SC3(CC)SC(CCBr)(S1)SC(CCBr)(S2)S3. The molecular weight excluding hydrogens is 496 g/mol. The molecule has 0 spiro atoms. The lowest BCUT2D eigenvalue weighted by Crippen LogP contribution is -2.53. The second-order valence-corrected chi connectivity index (χ2v) is 19.2. The van der Waals surface area contributed by atoms with E-state index in [1.54, 1.807) is 0 Å². The molecule has 0 aromatic heterocycles. The van der Waals surface area contributed by atoms with Gasteiger partial charge in [-0.2, -0.15) is 0 Å². The number of hydrogen-bond acceptors (Lipinski definition) is 6. The first-order valence-corrected chi connectivity index (χ1v) is 14.0. The van der Waals surface area contributed by atoms with Crippen LogP contribution in [0.5, 0.6) is 0 Å². The summed E-state index contributed by atoms with van der Waals surface area (Å²) in [5.74, 6) is 0. The molecule has 4 saturated heterocycles. The molecule has 8 heteroatoms. The summed E-state index contributed by atoms with van der Waals surface area (Å²) in [6.45, 7) is 4.76. The predicted octanol–water partition coefficient (Wildman–Crippen LogP) is 7.43. The molecule has 4 aliphatic heterocycles. The summed E-state index contributed by atoms with van der Waals surface area (Å²) >= 11 is 21.0. The van der Waals surface area contributed by atoms with Gasteiger partial charge in [-0.15, -0.1) is 70.6 Å². The molecule has 0 aromatic carbocycles. The molecule has 0 amide bonds. The van der Waals surface area contributed by atoms with E-state index < -0.39 is 0 Å². The van der Waals surface area contributed by atoms with Gasteiger partial charge in [0.2, 0.25) is 0 Å². The van der Waals surface area contributed by atoms with Gasteiger partial charge < -0.3 is 0 Å². The summed E-state index contributed by atoms with van der Waals surface area (Å²) in [7, 11) is 0. The van der Waals surface area contributed by atoms with Gasteiger partial charge in [0.05, 0.1) is 0 Å². The van der Waals surface area contributed by atoms with E-state index in [1.807, 2.05) is 0 Å². The summed E-state index contributed by atoms with van der Waals surface area (Å²) in [6, 6.07) is 0. The highest BCUT2D eigenvalue weighted by molar-refractivity contribution is 9.09. The first-order chi connectivity index (χ1) is 9.49. The highest BCUT2D eigenvalue weighted by Gasteiger charge is 2.70. The maximum atomic E-state index is 3.71. The summed E-state index contributed by atoms with van der Waals surface area (Å²) in [5, 5.41) is 2.23. The summed E-state index contributed by atoms with van der Waals surface area (Å²) in [5.41, 5.74) is 0. The molecule has 0 atom stereocenters. The lowest BCUT2D eigenvalue weighted by Gasteiger charge is -2.67. The number of rotatable bonds is 6. The minimum atomic E-state index is 0.361. The van der Waals surface area contributed by atoms with Crippen molar-refractivity contribution < 1.29 is 0 Å². The molecule has 116 valence electrons. The third kappa shape index (κ3) is 3.01. The van der Waals surface area contributed by atoms with Gasteiger partial charge in [0, 0.05) is 10.7 Å². The lowest BCUT2D eigenvalue weighted by molar-refractivity contribution is 0.874. The first kappa shape index (κ1) is 17.9. The molecule has 0 radical (unpaired) electrons. The normalized spacial score (nSPS) is 49.8. The van der Waals surface area contributed by atoms with Crippen LogP contribution >= 0.6 is 102 Å². The molecule has 0 unspecified atom stereocenters. The Balaban J connectivity index is 2.02. The highest BCUT2D eigenvalue weighted by atomic mass is 79.9. The van der Waals surface area contributed by atoms with Gasteiger partial charge in [-0.1, -0.05) is 45.7 Å². The fourth-order valence-electron chi connectivity index (χ4n) is 2.64. The average molecular weight is 514 g/mol. The van der Waals surface area contributed by atoms with Crippen LogP contribution in [0, 0.1) is 0 Å². The van der Waals surface area contributed by atoms with Crippen molar-refractivity contribution in [3.8, 4) is 0 Å². The Morgan fingerprint density at radius 3 is 1.20 bits per heavy atom. The highest BCUT2D eigenvalue weighted by Crippen LogP contribution is 2.90. The molecule has 4 bridgehead atoms. The minimum absolute atomic E-state index is 0.361. The number of alkyl halides is 2. The van der Waals surface area contributed by atoms with E-state index in [1.165, 1.54) is 25.7 Å². The number of halogens is 2. The smallest absolute Gasteiger partial charge is 0.104 e. The second kappa shape index (κ2) is 6.41. The van der Waals surface area contributed by atoms with Crippen LogP contribution in [0.15, 0.2) is 0 Å². The predicted molar refractivity (Wildman–Crippen MR) is 114 cm³/mol. The van der Waals surface area contributed by atoms with Crippen LogP contribution in [0.4, 0.5) is 0 Å². The Hall–Kier alpha value is 3.06. The van der Waals surface area contributed by atoms with Crippen molar-refractivity contribution in [2.45, 2.75) is 53.2 Å². The third-order valence-corrected chi connectivity index (χ3v) is 17.0. The minimum Gasteiger partial charge on any atom is -0.104 e. The van der Waals surface area contributed by atoms with Crippen molar-refractivity contribution in [1.82, 2.24) is 0 Å². The maximum Gasteiger partial charge on any atom is 0.114 e. The van der Waals surface area contributed by atoms with Gasteiger partial charge in [-0.05, 0) is 25.7 Å². The monoisotopic (exact) mass is 512 g/mol. The van der Waals surface area contributed by atoms with Gasteiger partial charge in [-0.25, -0.2) is 0 Å². The standard InChI is InChI=1S/C12H18Br2S6/c1-3-9-15-10(4-2)18-11(16-9,5-7-13)20-12(17-9,19-10)6-8-14/h3-8H2,1-2H3. The zero-order valence-electron chi connectivity index (χ0n) is 11.4. The first-order valence-electron chi connectivity index (χ1n) is 6.81. The Morgan fingerprint density at radius 2 is 0.900 bits per heavy atom. The van der Waals surface area contributed by atoms with E-state index in [-0.39, 0.29) is 0 Å². The van der Waals surface area contributed by atoms with Crippen molar-refractivity contribution >= 4 is 102 Å².